The first-order valence-electron chi connectivity index (χ1n) is 6.47. The molecule has 2 aromatic carbocycles. The molecule has 3 rings (SSSR count). The topological polar surface area (TPSA) is 56.9 Å². The van der Waals surface area contributed by atoms with Crippen molar-refractivity contribution in [2.75, 3.05) is 5.32 Å². The van der Waals surface area contributed by atoms with Gasteiger partial charge in [0.2, 0.25) is 0 Å². The van der Waals surface area contributed by atoms with E-state index in [1.54, 1.807) is 12.1 Å². The van der Waals surface area contributed by atoms with E-state index in [4.69, 9.17) is 12.2 Å². The Morgan fingerprint density at radius 1 is 1.05 bits per heavy atom. The molecule has 0 unspecified atom stereocenters. The number of aromatic amines is 1. The lowest BCUT2D eigenvalue weighted by Gasteiger charge is -2.09. The second-order valence-corrected chi connectivity index (χ2v) is 4.96. The van der Waals surface area contributed by atoms with Gasteiger partial charge in [0.15, 0.2) is 5.11 Å². The maximum absolute atomic E-state index is 12.0. The largest absolute Gasteiger partial charge is 0.361 e. The Labute approximate surface area is 127 Å². The van der Waals surface area contributed by atoms with E-state index in [0.717, 1.165) is 16.6 Å². The monoisotopic (exact) mass is 295 g/mol. The van der Waals surface area contributed by atoms with E-state index in [0.29, 0.717) is 5.56 Å². The SMILES string of the molecule is O=C(NC(=S)Nc1ccc2[nH]ccc2c1)c1ccccc1. The molecule has 0 aliphatic heterocycles. The van der Waals surface area contributed by atoms with E-state index >= 15 is 0 Å². The average Bonchev–Trinajstić information content (AvgIpc) is 2.95. The van der Waals surface area contributed by atoms with Gasteiger partial charge in [0, 0.05) is 28.4 Å². The van der Waals surface area contributed by atoms with Gasteiger partial charge < -0.3 is 10.3 Å². The van der Waals surface area contributed by atoms with Crippen molar-refractivity contribution >= 4 is 39.8 Å². The van der Waals surface area contributed by atoms with Crippen LogP contribution in [0.2, 0.25) is 0 Å². The molecule has 0 aliphatic carbocycles. The van der Waals surface area contributed by atoms with Gasteiger partial charge in [-0.25, -0.2) is 0 Å². The summed E-state index contributed by atoms with van der Waals surface area (Å²) in [6.07, 6.45) is 1.88. The maximum Gasteiger partial charge on any atom is 0.257 e. The van der Waals surface area contributed by atoms with E-state index in [2.05, 4.69) is 15.6 Å². The molecule has 1 amide bonds. The zero-order valence-corrected chi connectivity index (χ0v) is 11.9. The van der Waals surface area contributed by atoms with Gasteiger partial charge in [-0.15, -0.1) is 0 Å². The van der Waals surface area contributed by atoms with E-state index < -0.39 is 0 Å². The third kappa shape index (κ3) is 3.09. The van der Waals surface area contributed by atoms with E-state index in [1.165, 1.54) is 0 Å². The molecule has 3 aromatic rings. The molecule has 4 nitrogen and oxygen atoms in total. The molecule has 0 bridgehead atoms. The van der Waals surface area contributed by atoms with Crippen molar-refractivity contribution in [2.45, 2.75) is 0 Å². The molecule has 104 valence electrons. The quantitative estimate of drug-likeness (QED) is 0.636. The summed E-state index contributed by atoms with van der Waals surface area (Å²) in [5.41, 5.74) is 2.46. The van der Waals surface area contributed by atoms with Crippen molar-refractivity contribution in [3.05, 3.63) is 66.4 Å². The highest BCUT2D eigenvalue weighted by Crippen LogP contribution is 2.17. The summed E-state index contributed by atoms with van der Waals surface area (Å²) in [6, 6.07) is 16.8. The Bertz CT molecular complexity index is 795. The van der Waals surface area contributed by atoms with Gasteiger partial charge in [0.1, 0.15) is 0 Å². The van der Waals surface area contributed by atoms with Gasteiger partial charge >= 0.3 is 0 Å². The number of amides is 1. The van der Waals surface area contributed by atoms with Crippen LogP contribution in [0.1, 0.15) is 10.4 Å². The fraction of sp³-hybridized carbons (Fsp3) is 0. The van der Waals surface area contributed by atoms with Gasteiger partial charge in [-0.1, -0.05) is 18.2 Å². The maximum atomic E-state index is 12.0. The van der Waals surface area contributed by atoms with Crippen LogP contribution in [0.25, 0.3) is 10.9 Å². The summed E-state index contributed by atoms with van der Waals surface area (Å²) < 4.78 is 0. The van der Waals surface area contributed by atoms with E-state index in [1.807, 2.05) is 48.7 Å². The lowest BCUT2D eigenvalue weighted by atomic mass is 10.2. The van der Waals surface area contributed by atoms with Crippen LogP contribution in [0.4, 0.5) is 5.69 Å². The number of benzene rings is 2. The zero-order valence-electron chi connectivity index (χ0n) is 11.1. The van der Waals surface area contributed by atoms with Crippen molar-refractivity contribution < 1.29 is 4.79 Å². The Morgan fingerprint density at radius 2 is 1.86 bits per heavy atom. The van der Waals surface area contributed by atoms with Gasteiger partial charge in [-0.3, -0.25) is 10.1 Å². The average molecular weight is 295 g/mol. The number of nitrogens with one attached hydrogen (secondary N) is 3. The Morgan fingerprint density at radius 3 is 2.67 bits per heavy atom. The molecule has 0 fully saturated rings. The van der Waals surface area contributed by atoms with E-state index in [9.17, 15) is 4.79 Å². The standard InChI is InChI=1S/C16H13N3OS/c20-15(11-4-2-1-3-5-11)19-16(21)18-13-6-7-14-12(10-13)8-9-17-14/h1-10,17H,(H2,18,19,20,21). The van der Waals surface area contributed by atoms with Gasteiger partial charge in [0.25, 0.3) is 5.91 Å². The molecule has 0 radical (unpaired) electrons. The van der Waals surface area contributed by atoms with Crippen molar-refractivity contribution in [1.29, 1.82) is 0 Å². The predicted octanol–water partition coefficient (Wildman–Crippen LogP) is 3.29. The number of H-pyrrole nitrogens is 1. The highest BCUT2D eigenvalue weighted by molar-refractivity contribution is 7.80. The molecule has 5 heteroatoms. The number of fused-ring (bicyclic) bond motifs is 1. The number of aromatic nitrogens is 1. The summed E-state index contributed by atoms with van der Waals surface area (Å²) >= 11 is 5.16. The minimum Gasteiger partial charge on any atom is -0.361 e. The van der Waals surface area contributed by atoms with Crippen molar-refractivity contribution in [2.24, 2.45) is 0 Å². The molecule has 0 saturated carbocycles. The molecule has 21 heavy (non-hydrogen) atoms. The molecule has 3 N–H and O–H groups in total. The molecule has 1 heterocycles. The second kappa shape index (κ2) is 5.76. The summed E-state index contributed by atoms with van der Waals surface area (Å²) in [4.78, 5) is 15.1. The van der Waals surface area contributed by atoms with Crippen LogP contribution >= 0.6 is 12.2 Å². The minimum absolute atomic E-state index is 0.226. The Hall–Kier alpha value is -2.66. The highest BCUT2D eigenvalue weighted by Gasteiger charge is 2.07. The number of thiocarbonyl (C=S) groups is 1. The molecule has 0 spiro atoms. The minimum atomic E-state index is -0.226. The smallest absolute Gasteiger partial charge is 0.257 e. The summed E-state index contributed by atoms with van der Waals surface area (Å²) in [7, 11) is 0. The Kier molecular flexibility index (Phi) is 3.66. The molecular formula is C16H13N3OS. The summed E-state index contributed by atoms with van der Waals surface area (Å²) in [6.45, 7) is 0. The molecule has 0 atom stereocenters. The first-order chi connectivity index (χ1) is 10.2. The lowest BCUT2D eigenvalue weighted by Crippen LogP contribution is -2.34. The second-order valence-electron chi connectivity index (χ2n) is 4.55. The van der Waals surface area contributed by atoms with Crippen LogP contribution in [0.15, 0.2) is 60.8 Å². The van der Waals surface area contributed by atoms with Crippen molar-refractivity contribution in [3.8, 4) is 0 Å². The first-order valence-corrected chi connectivity index (χ1v) is 6.88. The van der Waals surface area contributed by atoms with Crippen LogP contribution in [0.3, 0.4) is 0 Å². The van der Waals surface area contributed by atoms with Gasteiger partial charge in [0.05, 0.1) is 0 Å². The number of anilines is 1. The third-order valence-electron chi connectivity index (χ3n) is 3.07. The molecule has 0 aliphatic rings. The fourth-order valence-electron chi connectivity index (χ4n) is 2.06. The molecule has 1 aromatic heterocycles. The number of carbonyl (C=O) groups excluding carboxylic acids is 1. The lowest BCUT2D eigenvalue weighted by molar-refractivity contribution is 0.0978. The molecule has 0 saturated heterocycles. The van der Waals surface area contributed by atoms with Crippen LogP contribution in [0.5, 0.6) is 0 Å². The Balaban J connectivity index is 1.67. The fourth-order valence-corrected chi connectivity index (χ4v) is 2.27. The normalized spacial score (nSPS) is 10.3. The summed E-state index contributed by atoms with van der Waals surface area (Å²) in [5.74, 6) is -0.226. The van der Waals surface area contributed by atoms with Crippen molar-refractivity contribution in [3.63, 3.8) is 0 Å². The van der Waals surface area contributed by atoms with Crippen molar-refractivity contribution in [1.82, 2.24) is 10.3 Å². The number of rotatable bonds is 2. The van der Waals surface area contributed by atoms with Crippen LogP contribution in [0, 0.1) is 0 Å². The van der Waals surface area contributed by atoms with Crippen LogP contribution < -0.4 is 10.6 Å². The summed E-state index contributed by atoms with van der Waals surface area (Å²) in [5, 5.41) is 7.03. The molecular weight excluding hydrogens is 282 g/mol. The number of carbonyl (C=O) groups is 1. The van der Waals surface area contributed by atoms with Crippen LogP contribution in [-0.2, 0) is 0 Å². The van der Waals surface area contributed by atoms with E-state index in [-0.39, 0.29) is 11.0 Å². The van der Waals surface area contributed by atoms with Gasteiger partial charge in [-0.05, 0) is 48.6 Å². The zero-order chi connectivity index (χ0) is 14.7. The first kappa shape index (κ1) is 13.3. The predicted molar refractivity (Wildman–Crippen MR) is 88.4 cm³/mol. The highest BCUT2D eigenvalue weighted by atomic mass is 32.1. The number of hydrogen-bond donors (Lipinski definition) is 3. The number of hydrogen-bond acceptors (Lipinski definition) is 2. The van der Waals surface area contributed by atoms with Gasteiger partial charge in [-0.2, -0.15) is 0 Å². The third-order valence-corrected chi connectivity index (χ3v) is 3.28. The van der Waals surface area contributed by atoms with Crippen LogP contribution in [-0.4, -0.2) is 16.0 Å².